The van der Waals surface area contributed by atoms with Gasteiger partial charge in [0, 0.05) is 11.6 Å². The minimum Gasteiger partial charge on any atom is -0.480 e. The number of nitrogens with zero attached hydrogens (tertiary/aromatic N) is 1. The molecule has 1 aliphatic carbocycles. The fraction of sp³-hybridized carbons (Fsp3) is 0.529. The van der Waals surface area contributed by atoms with Crippen molar-refractivity contribution in [3.05, 3.63) is 35.4 Å². The van der Waals surface area contributed by atoms with Crippen LogP contribution in [-0.4, -0.2) is 34.5 Å². The first-order chi connectivity index (χ1) is 9.99. The molecule has 1 N–H and O–H groups in total. The summed E-state index contributed by atoms with van der Waals surface area (Å²) in [7, 11) is 0. The van der Waals surface area contributed by atoms with E-state index in [9.17, 15) is 9.59 Å². The molecule has 4 nitrogen and oxygen atoms in total. The summed E-state index contributed by atoms with van der Waals surface area (Å²) in [6.45, 7) is 3.99. The number of aliphatic carboxylic acids is 1. The Hall–Kier alpha value is -1.84. The SMILES string of the molecule is CC(C)c1ccc(C(=O)N(CC(=O)O)C2CCCC2)cc1. The van der Waals surface area contributed by atoms with E-state index in [-0.39, 0.29) is 18.5 Å². The van der Waals surface area contributed by atoms with Gasteiger partial charge in [-0.3, -0.25) is 9.59 Å². The lowest BCUT2D eigenvalue weighted by molar-refractivity contribution is -0.138. The molecule has 1 fully saturated rings. The van der Waals surface area contributed by atoms with Crippen molar-refractivity contribution in [2.45, 2.75) is 51.5 Å². The molecule has 114 valence electrons. The Morgan fingerprint density at radius 1 is 1.19 bits per heavy atom. The zero-order valence-electron chi connectivity index (χ0n) is 12.7. The van der Waals surface area contributed by atoms with Crippen molar-refractivity contribution >= 4 is 11.9 Å². The van der Waals surface area contributed by atoms with Crippen LogP contribution in [0.1, 0.15) is 61.4 Å². The molecule has 0 atom stereocenters. The van der Waals surface area contributed by atoms with Crippen molar-refractivity contribution in [1.82, 2.24) is 4.90 Å². The van der Waals surface area contributed by atoms with Crippen molar-refractivity contribution in [3.63, 3.8) is 0 Å². The molecule has 1 saturated carbocycles. The summed E-state index contributed by atoms with van der Waals surface area (Å²) in [4.78, 5) is 25.2. The van der Waals surface area contributed by atoms with E-state index in [1.165, 1.54) is 10.5 Å². The number of hydrogen-bond donors (Lipinski definition) is 1. The van der Waals surface area contributed by atoms with E-state index in [0.717, 1.165) is 25.7 Å². The third kappa shape index (κ3) is 3.84. The van der Waals surface area contributed by atoms with Crippen LogP contribution in [0.3, 0.4) is 0 Å². The highest BCUT2D eigenvalue weighted by molar-refractivity contribution is 5.96. The molecule has 0 spiro atoms. The van der Waals surface area contributed by atoms with Crippen molar-refractivity contribution < 1.29 is 14.7 Å². The van der Waals surface area contributed by atoms with Crippen molar-refractivity contribution in [1.29, 1.82) is 0 Å². The van der Waals surface area contributed by atoms with Gasteiger partial charge >= 0.3 is 5.97 Å². The molecule has 2 rings (SSSR count). The Balaban J connectivity index is 2.18. The third-order valence-corrected chi connectivity index (χ3v) is 4.16. The monoisotopic (exact) mass is 289 g/mol. The Bertz CT molecular complexity index is 501. The maximum atomic E-state index is 12.6. The quantitative estimate of drug-likeness (QED) is 0.905. The van der Waals surface area contributed by atoms with Crippen LogP contribution < -0.4 is 0 Å². The van der Waals surface area contributed by atoms with Gasteiger partial charge in [0.25, 0.3) is 5.91 Å². The third-order valence-electron chi connectivity index (χ3n) is 4.16. The highest BCUT2D eigenvalue weighted by Crippen LogP contribution is 2.25. The first-order valence-corrected chi connectivity index (χ1v) is 7.61. The summed E-state index contributed by atoms with van der Waals surface area (Å²) in [6, 6.07) is 7.58. The highest BCUT2D eigenvalue weighted by Gasteiger charge is 2.28. The standard InChI is InChI=1S/C17H23NO3/c1-12(2)13-7-9-14(10-8-13)17(21)18(11-16(19)20)15-5-3-4-6-15/h7-10,12,15H,3-6,11H2,1-2H3,(H,19,20). The topological polar surface area (TPSA) is 57.6 Å². The van der Waals surface area contributed by atoms with E-state index in [4.69, 9.17) is 5.11 Å². The first-order valence-electron chi connectivity index (χ1n) is 7.61. The van der Waals surface area contributed by atoms with Gasteiger partial charge in [-0.15, -0.1) is 0 Å². The molecule has 21 heavy (non-hydrogen) atoms. The van der Waals surface area contributed by atoms with Gasteiger partial charge in [0.1, 0.15) is 6.54 Å². The summed E-state index contributed by atoms with van der Waals surface area (Å²) in [5.74, 6) is -0.701. The van der Waals surface area contributed by atoms with Gasteiger partial charge in [0.05, 0.1) is 0 Å². The van der Waals surface area contributed by atoms with Crippen molar-refractivity contribution in [3.8, 4) is 0 Å². The summed E-state index contributed by atoms with van der Waals surface area (Å²) in [6.07, 6.45) is 3.95. The number of carboxylic acids is 1. The van der Waals surface area contributed by atoms with Gasteiger partial charge < -0.3 is 10.0 Å². The van der Waals surface area contributed by atoms with Gasteiger partial charge in [-0.2, -0.15) is 0 Å². The smallest absolute Gasteiger partial charge is 0.323 e. The Labute approximate surface area is 125 Å². The number of benzene rings is 1. The van der Waals surface area contributed by atoms with Crippen LogP contribution in [-0.2, 0) is 4.79 Å². The number of carbonyl (C=O) groups excluding carboxylic acids is 1. The van der Waals surface area contributed by atoms with Crippen LogP contribution >= 0.6 is 0 Å². The minimum atomic E-state index is -0.950. The molecule has 1 aliphatic rings. The van der Waals surface area contributed by atoms with Crippen LogP contribution in [0.5, 0.6) is 0 Å². The molecule has 0 radical (unpaired) electrons. The first kappa shape index (κ1) is 15.5. The van der Waals surface area contributed by atoms with Crippen molar-refractivity contribution in [2.75, 3.05) is 6.54 Å². The van der Waals surface area contributed by atoms with Gasteiger partial charge in [0.15, 0.2) is 0 Å². The van der Waals surface area contributed by atoms with Crippen LogP contribution in [0.4, 0.5) is 0 Å². The maximum absolute atomic E-state index is 12.6. The lowest BCUT2D eigenvalue weighted by atomic mass is 10.0. The molecule has 0 unspecified atom stereocenters. The molecule has 0 aromatic heterocycles. The second-order valence-electron chi connectivity index (χ2n) is 6.04. The largest absolute Gasteiger partial charge is 0.480 e. The molecule has 1 aromatic carbocycles. The van der Waals surface area contributed by atoms with E-state index in [1.54, 1.807) is 0 Å². The van der Waals surface area contributed by atoms with Crippen LogP contribution in [0.15, 0.2) is 24.3 Å². The Morgan fingerprint density at radius 2 is 1.76 bits per heavy atom. The lowest BCUT2D eigenvalue weighted by Crippen LogP contribution is -2.42. The molecule has 4 heteroatoms. The van der Waals surface area contributed by atoms with Crippen LogP contribution in [0.2, 0.25) is 0 Å². The number of amides is 1. The summed E-state index contributed by atoms with van der Waals surface area (Å²) >= 11 is 0. The van der Waals surface area contributed by atoms with Crippen molar-refractivity contribution in [2.24, 2.45) is 0 Å². The van der Waals surface area contributed by atoms with Gasteiger partial charge in [-0.25, -0.2) is 0 Å². The summed E-state index contributed by atoms with van der Waals surface area (Å²) in [5.41, 5.74) is 1.75. The van der Waals surface area contributed by atoms with Gasteiger partial charge in [-0.1, -0.05) is 38.8 Å². The minimum absolute atomic E-state index is 0.0679. The number of carbonyl (C=O) groups is 2. The van der Waals surface area contributed by atoms with E-state index in [1.807, 2.05) is 24.3 Å². The number of carboxylic acid groups (broad SMARTS) is 1. The Morgan fingerprint density at radius 3 is 2.24 bits per heavy atom. The average Bonchev–Trinajstić information content (AvgIpc) is 2.98. The maximum Gasteiger partial charge on any atom is 0.323 e. The van der Waals surface area contributed by atoms with Gasteiger partial charge in [-0.05, 0) is 36.5 Å². The zero-order valence-corrected chi connectivity index (χ0v) is 12.7. The molecular weight excluding hydrogens is 266 g/mol. The molecular formula is C17H23NO3. The molecule has 0 bridgehead atoms. The lowest BCUT2D eigenvalue weighted by Gasteiger charge is -2.27. The molecule has 1 amide bonds. The predicted octanol–water partition coefficient (Wildman–Crippen LogP) is 3.28. The van der Waals surface area contributed by atoms with Gasteiger partial charge in [0.2, 0.25) is 0 Å². The van der Waals surface area contributed by atoms with E-state index in [2.05, 4.69) is 13.8 Å². The normalized spacial score (nSPS) is 15.4. The highest BCUT2D eigenvalue weighted by atomic mass is 16.4. The van der Waals surface area contributed by atoms with E-state index in [0.29, 0.717) is 11.5 Å². The summed E-state index contributed by atoms with van der Waals surface area (Å²) in [5, 5.41) is 9.06. The number of hydrogen-bond acceptors (Lipinski definition) is 2. The van der Waals surface area contributed by atoms with Crippen LogP contribution in [0.25, 0.3) is 0 Å². The van der Waals surface area contributed by atoms with E-state index >= 15 is 0 Å². The number of rotatable bonds is 5. The van der Waals surface area contributed by atoms with Crippen LogP contribution in [0, 0.1) is 0 Å². The molecule has 0 heterocycles. The molecule has 1 aromatic rings. The predicted molar refractivity (Wildman–Crippen MR) is 81.5 cm³/mol. The molecule has 0 saturated heterocycles. The fourth-order valence-corrected chi connectivity index (χ4v) is 2.90. The molecule has 0 aliphatic heterocycles. The Kier molecular flexibility index (Phi) is 4.99. The average molecular weight is 289 g/mol. The second-order valence-corrected chi connectivity index (χ2v) is 6.04. The second kappa shape index (κ2) is 6.74. The summed E-state index contributed by atoms with van der Waals surface area (Å²) < 4.78 is 0. The fourth-order valence-electron chi connectivity index (χ4n) is 2.90. The zero-order chi connectivity index (χ0) is 15.4. The van der Waals surface area contributed by atoms with E-state index < -0.39 is 5.97 Å².